The molecule has 1 heterocycles. The Bertz CT molecular complexity index is 365. The zero-order chi connectivity index (χ0) is 12.0. The van der Waals surface area contributed by atoms with Crippen LogP contribution in [0, 0.1) is 6.92 Å². The lowest BCUT2D eigenvalue weighted by Crippen LogP contribution is -2.18. The number of para-hydroxylation sites is 1. The van der Waals surface area contributed by atoms with Crippen molar-refractivity contribution in [3.8, 4) is 5.75 Å². The fourth-order valence-electron chi connectivity index (χ4n) is 1.32. The molecule has 1 N–H and O–H groups in total. The summed E-state index contributed by atoms with van der Waals surface area (Å²) in [6, 6.07) is 6.09. The van der Waals surface area contributed by atoms with Gasteiger partial charge in [0.1, 0.15) is 12.4 Å². The molecule has 0 saturated carbocycles. The Morgan fingerprint density at radius 2 is 2.06 bits per heavy atom. The van der Waals surface area contributed by atoms with Crippen molar-refractivity contribution < 1.29 is 4.74 Å². The van der Waals surface area contributed by atoms with Crippen LogP contribution >= 0.6 is 0 Å². The van der Waals surface area contributed by atoms with Crippen LogP contribution in [-0.2, 0) is 0 Å². The molecule has 1 aromatic rings. The van der Waals surface area contributed by atoms with Gasteiger partial charge in [-0.2, -0.15) is 0 Å². The van der Waals surface area contributed by atoms with E-state index in [0.717, 1.165) is 24.6 Å². The van der Waals surface area contributed by atoms with Crippen molar-refractivity contribution in [2.45, 2.75) is 27.7 Å². The predicted molar refractivity (Wildman–Crippen MR) is 70.3 cm³/mol. The zero-order valence-corrected chi connectivity index (χ0v) is 10.6. The van der Waals surface area contributed by atoms with Gasteiger partial charge in [-0.05, 0) is 39.3 Å². The highest BCUT2D eigenvalue weighted by molar-refractivity contribution is 5.62. The molecule has 0 aromatic heterocycles. The molecule has 2 rings (SSSR count). The first-order valence-electron chi connectivity index (χ1n) is 5.71. The number of benzene rings is 1. The van der Waals surface area contributed by atoms with Gasteiger partial charge in [0.05, 0.1) is 5.69 Å². The number of hydrogen-bond acceptors (Lipinski definition) is 2. The maximum atomic E-state index is 5.44. The van der Waals surface area contributed by atoms with E-state index in [9.17, 15) is 0 Å². The third-order valence-corrected chi connectivity index (χ3v) is 2.47. The van der Waals surface area contributed by atoms with Crippen LogP contribution in [0.3, 0.4) is 0 Å². The Morgan fingerprint density at radius 3 is 2.62 bits per heavy atom. The molecule has 88 valence electrons. The average molecular weight is 219 g/mol. The number of anilines is 1. The summed E-state index contributed by atoms with van der Waals surface area (Å²) in [6.45, 7) is 9.98. The molecule has 0 atom stereocenters. The molecule has 16 heavy (non-hydrogen) atoms. The van der Waals surface area contributed by atoms with E-state index in [0.29, 0.717) is 0 Å². The average Bonchev–Trinajstić information content (AvgIpc) is 2.30. The molecule has 0 fully saturated rings. The summed E-state index contributed by atoms with van der Waals surface area (Å²) in [5.74, 6) is 0.983. The molecule has 1 aliphatic rings. The van der Waals surface area contributed by atoms with Gasteiger partial charge in [0.15, 0.2) is 0 Å². The van der Waals surface area contributed by atoms with Crippen LogP contribution in [-0.4, -0.2) is 13.2 Å². The summed E-state index contributed by atoms with van der Waals surface area (Å²) in [6.07, 6.45) is 2.08. The minimum absolute atomic E-state index is 0.774. The van der Waals surface area contributed by atoms with Crippen molar-refractivity contribution in [3.05, 3.63) is 35.4 Å². The van der Waals surface area contributed by atoms with Gasteiger partial charge in [-0.25, -0.2) is 0 Å². The third kappa shape index (κ3) is 3.61. The monoisotopic (exact) mass is 219 g/mol. The molecular formula is C14H21NO. The van der Waals surface area contributed by atoms with E-state index < -0.39 is 0 Å². The number of rotatable bonds is 0. The Morgan fingerprint density at radius 1 is 1.38 bits per heavy atom. The first-order valence-corrected chi connectivity index (χ1v) is 5.71. The van der Waals surface area contributed by atoms with Crippen molar-refractivity contribution >= 4 is 5.69 Å². The van der Waals surface area contributed by atoms with Crippen molar-refractivity contribution in [1.29, 1.82) is 0 Å². The van der Waals surface area contributed by atoms with E-state index in [-0.39, 0.29) is 0 Å². The molecule has 1 aliphatic heterocycles. The van der Waals surface area contributed by atoms with Crippen LogP contribution < -0.4 is 10.1 Å². The molecule has 0 amide bonds. The molecule has 0 spiro atoms. The SMILES string of the molecule is CC=C(C)C.Cc1cccc2c1NCCO2. The Balaban J connectivity index is 0.000000221. The Hall–Kier alpha value is -1.44. The molecule has 0 radical (unpaired) electrons. The Kier molecular flexibility index (Phi) is 4.90. The maximum Gasteiger partial charge on any atom is 0.142 e. The topological polar surface area (TPSA) is 21.3 Å². The lowest BCUT2D eigenvalue weighted by atomic mass is 10.1. The summed E-state index contributed by atoms with van der Waals surface area (Å²) >= 11 is 0. The van der Waals surface area contributed by atoms with Crippen LogP contribution in [0.5, 0.6) is 5.75 Å². The molecule has 0 bridgehead atoms. The number of aryl methyl sites for hydroxylation is 1. The Labute approximate surface area is 98.3 Å². The van der Waals surface area contributed by atoms with Crippen molar-refractivity contribution in [2.24, 2.45) is 0 Å². The van der Waals surface area contributed by atoms with Gasteiger partial charge in [0.2, 0.25) is 0 Å². The molecule has 1 aromatic carbocycles. The number of ether oxygens (including phenoxy) is 1. The second-order valence-corrected chi connectivity index (χ2v) is 4.09. The summed E-state index contributed by atoms with van der Waals surface area (Å²) in [4.78, 5) is 0. The van der Waals surface area contributed by atoms with Crippen molar-refractivity contribution in [1.82, 2.24) is 0 Å². The van der Waals surface area contributed by atoms with Gasteiger partial charge in [0, 0.05) is 6.54 Å². The number of allylic oxidation sites excluding steroid dienone is 2. The second kappa shape index (κ2) is 6.21. The summed E-state index contributed by atoms with van der Waals surface area (Å²) < 4.78 is 5.44. The molecule has 0 saturated heterocycles. The van der Waals surface area contributed by atoms with Crippen LogP contribution in [0.25, 0.3) is 0 Å². The highest BCUT2D eigenvalue weighted by Gasteiger charge is 2.09. The number of nitrogens with one attached hydrogen (secondary N) is 1. The summed E-state index contributed by atoms with van der Waals surface area (Å²) in [5.41, 5.74) is 3.78. The van der Waals surface area contributed by atoms with Gasteiger partial charge in [-0.3, -0.25) is 0 Å². The fraction of sp³-hybridized carbons (Fsp3) is 0.429. The van der Waals surface area contributed by atoms with Crippen LogP contribution in [0.2, 0.25) is 0 Å². The smallest absolute Gasteiger partial charge is 0.142 e. The lowest BCUT2D eigenvalue weighted by Gasteiger charge is -2.20. The molecule has 2 heteroatoms. The third-order valence-electron chi connectivity index (χ3n) is 2.47. The molecule has 0 aliphatic carbocycles. The van der Waals surface area contributed by atoms with E-state index >= 15 is 0 Å². The standard InChI is InChI=1S/C9H11NO.C5H10/c1-7-3-2-4-8-9(7)10-5-6-11-8;1-4-5(2)3/h2-4,10H,5-6H2,1H3;4H,1-3H3. The number of fused-ring (bicyclic) bond motifs is 1. The first-order chi connectivity index (χ1) is 7.65. The van der Waals surface area contributed by atoms with Crippen LogP contribution in [0.4, 0.5) is 5.69 Å². The van der Waals surface area contributed by atoms with Crippen LogP contribution in [0.1, 0.15) is 26.3 Å². The van der Waals surface area contributed by atoms with Crippen LogP contribution in [0.15, 0.2) is 29.8 Å². The highest BCUT2D eigenvalue weighted by Crippen LogP contribution is 2.29. The van der Waals surface area contributed by atoms with E-state index in [1.807, 2.05) is 19.1 Å². The summed E-state index contributed by atoms with van der Waals surface area (Å²) in [7, 11) is 0. The van der Waals surface area contributed by atoms with Gasteiger partial charge < -0.3 is 10.1 Å². The van der Waals surface area contributed by atoms with Gasteiger partial charge in [0.25, 0.3) is 0 Å². The van der Waals surface area contributed by atoms with E-state index in [1.165, 1.54) is 11.1 Å². The normalized spacial score (nSPS) is 12.2. The fourth-order valence-corrected chi connectivity index (χ4v) is 1.32. The van der Waals surface area contributed by atoms with Crippen molar-refractivity contribution in [3.63, 3.8) is 0 Å². The quantitative estimate of drug-likeness (QED) is 0.671. The van der Waals surface area contributed by atoms with Crippen molar-refractivity contribution in [2.75, 3.05) is 18.5 Å². The minimum atomic E-state index is 0.774. The minimum Gasteiger partial charge on any atom is -0.490 e. The van der Waals surface area contributed by atoms with Gasteiger partial charge in [-0.1, -0.05) is 23.8 Å². The lowest BCUT2D eigenvalue weighted by molar-refractivity contribution is 0.323. The predicted octanol–water partition coefficient (Wildman–Crippen LogP) is 3.77. The molecule has 2 nitrogen and oxygen atoms in total. The first kappa shape index (κ1) is 12.6. The maximum absolute atomic E-state index is 5.44. The van der Waals surface area contributed by atoms with E-state index in [2.05, 4.69) is 38.2 Å². The van der Waals surface area contributed by atoms with E-state index in [4.69, 9.17) is 4.74 Å². The zero-order valence-electron chi connectivity index (χ0n) is 10.6. The molecular weight excluding hydrogens is 198 g/mol. The molecule has 0 unspecified atom stereocenters. The number of hydrogen-bond donors (Lipinski definition) is 1. The largest absolute Gasteiger partial charge is 0.490 e. The van der Waals surface area contributed by atoms with Gasteiger partial charge in [-0.15, -0.1) is 0 Å². The highest BCUT2D eigenvalue weighted by atomic mass is 16.5. The summed E-state index contributed by atoms with van der Waals surface area (Å²) in [5, 5.41) is 3.31. The van der Waals surface area contributed by atoms with Gasteiger partial charge >= 0.3 is 0 Å². The second-order valence-electron chi connectivity index (χ2n) is 4.09. The van der Waals surface area contributed by atoms with E-state index in [1.54, 1.807) is 0 Å².